The van der Waals surface area contributed by atoms with Crippen LogP contribution in [0.25, 0.3) is 10.2 Å². The van der Waals surface area contributed by atoms with E-state index in [1.807, 2.05) is 18.2 Å². The van der Waals surface area contributed by atoms with Gasteiger partial charge in [0.05, 0.1) is 15.2 Å². The van der Waals surface area contributed by atoms with Crippen molar-refractivity contribution in [2.45, 2.75) is 32.6 Å². The fourth-order valence-electron chi connectivity index (χ4n) is 1.34. The van der Waals surface area contributed by atoms with Crippen molar-refractivity contribution in [3.05, 3.63) is 28.2 Å². The molecular weight excluding hydrogens is 226 g/mol. The van der Waals surface area contributed by atoms with Gasteiger partial charge in [-0.1, -0.05) is 32.4 Å². The first kappa shape index (κ1) is 10.9. The molecule has 1 heterocycles. The molecule has 0 unspecified atom stereocenters. The smallest absolute Gasteiger partial charge is 0.0994 e. The monoisotopic (exact) mass is 239 g/mol. The average Bonchev–Trinajstić information content (AvgIpc) is 2.61. The van der Waals surface area contributed by atoms with E-state index in [-0.39, 0.29) is 5.41 Å². The summed E-state index contributed by atoms with van der Waals surface area (Å²) in [5, 5.41) is 1.98. The zero-order chi connectivity index (χ0) is 11.1. The molecule has 1 aromatic heterocycles. The maximum Gasteiger partial charge on any atom is 0.0994 e. The molecule has 0 spiro atoms. The molecule has 0 saturated carbocycles. The molecule has 0 bridgehead atoms. The molecule has 80 valence electrons. The Morgan fingerprint density at radius 2 is 2.13 bits per heavy atom. The lowest BCUT2D eigenvalue weighted by atomic mass is 9.91. The Hall–Kier alpha value is -0.600. The number of rotatable bonds is 2. The van der Waals surface area contributed by atoms with Crippen LogP contribution in [0.5, 0.6) is 0 Å². The first-order valence-corrected chi connectivity index (χ1v) is 6.29. The van der Waals surface area contributed by atoms with Crippen molar-refractivity contribution in [2.75, 3.05) is 0 Å². The van der Waals surface area contributed by atoms with Gasteiger partial charge in [0.15, 0.2) is 0 Å². The normalized spacial score (nSPS) is 12.3. The standard InChI is InChI=1S/C12H14ClNS/c1-4-12(2,3)11-14-9-6-5-8(13)7-10(9)15-11/h5-7H,4H2,1-3H3. The SMILES string of the molecule is CCC(C)(C)c1nc2ccc(Cl)cc2s1. The maximum absolute atomic E-state index is 5.95. The van der Waals surface area contributed by atoms with Crippen LogP contribution in [0.2, 0.25) is 5.02 Å². The van der Waals surface area contributed by atoms with E-state index < -0.39 is 0 Å². The van der Waals surface area contributed by atoms with Crippen LogP contribution in [0.4, 0.5) is 0 Å². The van der Waals surface area contributed by atoms with E-state index in [1.54, 1.807) is 11.3 Å². The predicted octanol–water partition coefficient (Wildman–Crippen LogP) is 4.64. The van der Waals surface area contributed by atoms with Crippen LogP contribution in [0, 0.1) is 0 Å². The fraction of sp³-hybridized carbons (Fsp3) is 0.417. The number of aromatic nitrogens is 1. The first-order chi connectivity index (χ1) is 7.03. The predicted molar refractivity (Wildman–Crippen MR) is 67.9 cm³/mol. The number of fused-ring (bicyclic) bond motifs is 1. The highest BCUT2D eigenvalue weighted by Crippen LogP contribution is 2.34. The molecule has 15 heavy (non-hydrogen) atoms. The second-order valence-electron chi connectivity index (χ2n) is 4.37. The summed E-state index contributed by atoms with van der Waals surface area (Å²) in [6, 6.07) is 5.87. The highest BCUT2D eigenvalue weighted by Gasteiger charge is 2.22. The van der Waals surface area contributed by atoms with Crippen molar-refractivity contribution in [1.29, 1.82) is 0 Å². The molecule has 2 aromatic rings. The highest BCUT2D eigenvalue weighted by molar-refractivity contribution is 7.18. The molecule has 1 nitrogen and oxygen atoms in total. The topological polar surface area (TPSA) is 12.9 Å². The fourth-order valence-corrected chi connectivity index (χ4v) is 2.75. The zero-order valence-corrected chi connectivity index (χ0v) is 10.7. The summed E-state index contributed by atoms with van der Waals surface area (Å²) in [7, 11) is 0. The molecule has 1 aromatic carbocycles. The third kappa shape index (κ3) is 2.01. The molecule has 0 atom stereocenters. The maximum atomic E-state index is 5.95. The van der Waals surface area contributed by atoms with Gasteiger partial charge in [-0.15, -0.1) is 11.3 Å². The van der Waals surface area contributed by atoms with Gasteiger partial charge in [-0.25, -0.2) is 4.98 Å². The molecule has 0 aliphatic rings. The Balaban J connectivity index is 2.56. The van der Waals surface area contributed by atoms with Crippen molar-refractivity contribution >= 4 is 33.2 Å². The molecular formula is C12H14ClNS. The molecule has 0 aliphatic heterocycles. The Morgan fingerprint density at radius 3 is 2.80 bits per heavy atom. The van der Waals surface area contributed by atoms with Gasteiger partial charge in [0.2, 0.25) is 0 Å². The molecule has 0 amide bonds. The summed E-state index contributed by atoms with van der Waals surface area (Å²) < 4.78 is 1.18. The van der Waals surface area contributed by atoms with E-state index >= 15 is 0 Å². The van der Waals surface area contributed by atoms with Crippen LogP contribution in [-0.4, -0.2) is 4.98 Å². The van der Waals surface area contributed by atoms with Crippen molar-refractivity contribution < 1.29 is 0 Å². The number of halogens is 1. The largest absolute Gasteiger partial charge is 0.241 e. The Morgan fingerprint density at radius 1 is 1.40 bits per heavy atom. The molecule has 0 saturated heterocycles. The second-order valence-corrected chi connectivity index (χ2v) is 5.84. The van der Waals surface area contributed by atoms with Gasteiger partial charge in [-0.3, -0.25) is 0 Å². The van der Waals surface area contributed by atoms with Crippen LogP contribution in [-0.2, 0) is 5.41 Å². The van der Waals surface area contributed by atoms with E-state index in [0.29, 0.717) is 0 Å². The second kappa shape index (κ2) is 3.76. The summed E-state index contributed by atoms with van der Waals surface area (Å²) in [6.07, 6.45) is 1.10. The Bertz CT molecular complexity index is 487. The minimum absolute atomic E-state index is 0.163. The molecule has 2 rings (SSSR count). The third-order valence-electron chi connectivity index (χ3n) is 2.81. The van der Waals surface area contributed by atoms with E-state index in [0.717, 1.165) is 17.0 Å². The van der Waals surface area contributed by atoms with Gasteiger partial charge < -0.3 is 0 Å². The Labute approximate surface area is 99.1 Å². The summed E-state index contributed by atoms with van der Waals surface area (Å²) >= 11 is 7.70. The van der Waals surface area contributed by atoms with E-state index in [2.05, 4.69) is 25.8 Å². The van der Waals surface area contributed by atoms with Gasteiger partial charge in [0.25, 0.3) is 0 Å². The number of hydrogen-bond donors (Lipinski definition) is 0. The average molecular weight is 240 g/mol. The minimum Gasteiger partial charge on any atom is -0.241 e. The summed E-state index contributed by atoms with van der Waals surface area (Å²) in [5.74, 6) is 0. The van der Waals surface area contributed by atoms with Crippen molar-refractivity contribution in [3.63, 3.8) is 0 Å². The lowest BCUT2D eigenvalue weighted by molar-refractivity contribution is 0.504. The van der Waals surface area contributed by atoms with Gasteiger partial charge in [-0.2, -0.15) is 0 Å². The van der Waals surface area contributed by atoms with E-state index in [4.69, 9.17) is 11.6 Å². The summed E-state index contributed by atoms with van der Waals surface area (Å²) in [4.78, 5) is 4.66. The first-order valence-electron chi connectivity index (χ1n) is 5.09. The zero-order valence-electron chi connectivity index (χ0n) is 9.17. The van der Waals surface area contributed by atoms with E-state index in [9.17, 15) is 0 Å². The van der Waals surface area contributed by atoms with Crippen molar-refractivity contribution in [2.24, 2.45) is 0 Å². The van der Waals surface area contributed by atoms with Crippen LogP contribution >= 0.6 is 22.9 Å². The quantitative estimate of drug-likeness (QED) is 0.744. The number of hydrogen-bond acceptors (Lipinski definition) is 2. The molecule has 0 aliphatic carbocycles. The number of benzene rings is 1. The third-order valence-corrected chi connectivity index (χ3v) is 4.43. The molecule has 0 fully saturated rings. The highest BCUT2D eigenvalue weighted by atomic mass is 35.5. The van der Waals surface area contributed by atoms with Crippen LogP contribution in [0.15, 0.2) is 18.2 Å². The molecule has 0 N–H and O–H groups in total. The molecule has 3 heteroatoms. The summed E-state index contributed by atoms with van der Waals surface area (Å²) in [6.45, 7) is 6.65. The Kier molecular flexibility index (Phi) is 2.73. The van der Waals surface area contributed by atoms with Crippen molar-refractivity contribution in [1.82, 2.24) is 4.98 Å². The van der Waals surface area contributed by atoms with Gasteiger partial charge in [0, 0.05) is 10.4 Å². The number of nitrogens with zero attached hydrogens (tertiary/aromatic N) is 1. The minimum atomic E-state index is 0.163. The summed E-state index contributed by atoms with van der Waals surface area (Å²) in [5.41, 5.74) is 1.22. The van der Waals surface area contributed by atoms with E-state index in [1.165, 1.54) is 9.71 Å². The van der Waals surface area contributed by atoms with Crippen LogP contribution in [0.1, 0.15) is 32.2 Å². The van der Waals surface area contributed by atoms with Crippen LogP contribution in [0.3, 0.4) is 0 Å². The lowest BCUT2D eigenvalue weighted by Crippen LogP contribution is -2.14. The van der Waals surface area contributed by atoms with Gasteiger partial charge in [0.1, 0.15) is 0 Å². The van der Waals surface area contributed by atoms with Crippen LogP contribution < -0.4 is 0 Å². The lowest BCUT2D eigenvalue weighted by Gasteiger charge is -2.18. The van der Waals surface area contributed by atoms with Gasteiger partial charge in [-0.05, 0) is 24.6 Å². The van der Waals surface area contributed by atoms with Gasteiger partial charge >= 0.3 is 0 Å². The van der Waals surface area contributed by atoms with Crippen molar-refractivity contribution in [3.8, 4) is 0 Å². The number of thiazole rings is 1. The molecule has 0 radical (unpaired) electrons.